The zero-order valence-corrected chi connectivity index (χ0v) is 20.1. The van der Waals surface area contributed by atoms with Crippen LogP contribution in [0.1, 0.15) is 108 Å². The number of hydrogen-bond acceptors (Lipinski definition) is 2. The molecule has 1 rings (SSSR count). The molecular weight excluding hydrogens is 387 g/mol. The average Bonchev–Trinajstić information content (AvgIpc) is 2.86. The van der Waals surface area contributed by atoms with Gasteiger partial charge in [0.2, 0.25) is 5.69 Å². The van der Waals surface area contributed by atoms with E-state index in [1.165, 1.54) is 108 Å². The largest absolute Gasteiger partial charge is 0.756 e. The number of unbranched alkanes of at least 4 members (excludes halogenated alkanes) is 13. The summed E-state index contributed by atoms with van der Waals surface area (Å²) < 4.78 is 13.5. The van der Waals surface area contributed by atoms with Crippen LogP contribution in [0.3, 0.4) is 0 Å². The van der Waals surface area contributed by atoms with E-state index in [9.17, 15) is 0 Å². The van der Waals surface area contributed by atoms with Crippen molar-refractivity contribution in [2.75, 3.05) is 0 Å². The fraction of sp³-hybridized carbons (Fsp3) is 0.864. The molecular formula is C22H45N2O4P. The van der Waals surface area contributed by atoms with Gasteiger partial charge in [0, 0.05) is 13.0 Å². The fourth-order valence-corrected chi connectivity index (χ4v) is 3.68. The first-order chi connectivity index (χ1) is 13.7. The third kappa shape index (κ3) is 17.9. The summed E-state index contributed by atoms with van der Waals surface area (Å²) in [5.74, 6) is 0. The maximum absolute atomic E-state index is 8.77. The van der Waals surface area contributed by atoms with Gasteiger partial charge >= 0.3 is 0 Å². The van der Waals surface area contributed by atoms with Crippen LogP contribution < -0.4 is 9.58 Å². The minimum Gasteiger partial charge on any atom is -0.756 e. The normalized spacial score (nSPS) is 11.4. The Balaban J connectivity index is 0.00000139. The maximum atomic E-state index is 8.77. The summed E-state index contributed by atoms with van der Waals surface area (Å²) >= 11 is 0. The lowest BCUT2D eigenvalue weighted by Crippen LogP contribution is -2.41. The zero-order chi connectivity index (χ0) is 22.1. The summed E-state index contributed by atoms with van der Waals surface area (Å²) in [6.45, 7) is 7.88. The molecule has 0 amide bonds. The molecule has 6 nitrogen and oxygen atoms in total. The topological polar surface area (TPSA) is 89.4 Å². The van der Waals surface area contributed by atoms with Crippen LogP contribution in [-0.2, 0) is 18.2 Å². The van der Waals surface area contributed by atoms with Crippen molar-refractivity contribution in [3.05, 3.63) is 17.5 Å². The van der Waals surface area contributed by atoms with Gasteiger partial charge in [0.1, 0.15) is 0 Å². The van der Waals surface area contributed by atoms with E-state index < -0.39 is 7.82 Å². The SMILES string of the molecule is CCCCCCCCCCCCCCCCn1c(C)cc(C)[n+]1C.O=P([O-])(O)O. The van der Waals surface area contributed by atoms with Crippen molar-refractivity contribution in [2.45, 2.75) is 117 Å². The first-order valence-electron chi connectivity index (χ1n) is 11.5. The molecule has 0 atom stereocenters. The second-order valence-corrected chi connectivity index (χ2v) is 9.14. The van der Waals surface area contributed by atoms with Gasteiger partial charge in [0.25, 0.3) is 7.82 Å². The number of nitrogens with zero attached hydrogens (tertiary/aromatic N) is 2. The number of hydrogen-bond donors (Lipinski definition) is 2. The second kappa shape index (κ2) is 17.0. The Hall–Kier alpha value is -0.680. The molecule has 29 heavy (non-hydrogen) atoms. The van der Waals surface area contributed by atoms with Gasteiger partial charge in [-0.2, -0.15) is 4.68 Å². The van der Waals surface area contributed by atoms with Crippen LogP contribution in [0.5, 0.6) is 0 Å². The van der Waals surface area contributed by atoms with E-state index in [0.717, 1.165) is 0 Å². The minimum absolute atomic E-state index is 1.17. The zero-order valence-electron chi connectivity index (χ0n) is 19.2. The van der Waals surface area contributed by atoms with Gasteiger partial charge in [-0.15, -0.1) is 4.68 Å². The average molecular weight is 433 g/mol. The van der Waals surface area contributed by atoms with Crippen LogP contribution in [0.4, 0.5) is 0 Å². The van der Waals surface area contributed by atoms with Crippen LogP contribution in [-0.4, -0.2) is 14.5 Å². The molecule has 2 N–H and O–H groups in total. The highest BCUT2D eigenvalue weighted by molar-refractivity contribution is 7.43. The van der Waals surface area contributed by atoms with Crippen LogP contribution in [0.2, 0.25) is 0 Å². The van der Waals surface area contributed by atoms with Crippen molar-refractivity contribution in [3.8, 4) is 0 Å². The highest BCUT2D eigenvalue weighted by atomic mass is 31.2. The Morgan fingerprint density at radius 2 is 1.21 bits per heavy atom. The van der Waals surface area contributed by atoms with Crippen molar-refractivity contribution < 1.29 is 23.9 Å². The third-order valence-electron chi connectivity index (χ3n) is 5.42. The highest BCUT2D eigenvalue weighted by Crippen LogP contribution is 2.19. The van der Waals surface area contributed by atoms with E-state index in [1.807, 2.05) is 0 Å². The molecule has 1 aromatic rings. The van der Waals surface area contributed by atoms with Crippen LogP contribution in [0.25, 0.3) is 0 Å². The third-order valence-corrected chi connectivity index (χ3v) is 5.42. The second-order valence-electron chi connectivity index (χ2n) is 8.16. The van der Waals surface area contributed by atoms with Gasteiger partial charge in [0.15, 0.2) is 7.05 Å². The van der Waals surface area contributed by atoms with Crippen molar-refractivity contribution >= 4 is 7.82 Å². The number of aromatic nitrogens is 2. The Kier molecular flexibility index (Phi) is 16.6. The minimum atomic E-state index is -4.89. The van der Waals surface area contributed by atoms with Gasteiger partial charge in [0.05, 0.1) is 12.2 Å². The number of phosphoric acid groups is 1. The van der Waals surface area contributed by atoms with E-state index in [0.29, 0.717) is 0 Å². The molecule has 0 saturated carbocycles. The molecule has 0 spiro atoms. The Morgan fingerprint density at radius 1 is 0.862 bits per heavy atom. The van der Waals surface area contributed by atoms with E-state index in [4.69, 9.17) is 19.2 Å². The molecule has 172 valence electrons. The first kappa shape index (κ1) is 28.3. The predicted octanol–water partition coefficient (Wildman–Crippen LogP) is 4.85. The fourth-order valence-electron chi connectivity index (χ4n) is 3.68. The summed E-state index contributed by atoms with van der Waals surface area (Å²) in [5.41, 5.74) is 2.75. The van der Waals surface area contributed by atoms with E-state index in [2.05, 4.69) is 43.2 Å². The lowest BCUT2D eigenvalue weighted by molar-refractivity contribution is -0.759. The summed E-state index contributed by atoms with van der Waals surface area (Å²) in [6.07, 6.45) is 20.0. The molecule has 1 heterocycles. The van der Waals surface area contributed by atoms with Gasteiger partial charge in [-0.3, -0.25) is 4.57 Å². The molecule has 0 aliphatic heterocycles. The van der Waals surface area contributed by atoms with E-state index >= 15 is 0 Å². The van der Waals surface area contributed by atoms with Crippen molar-refractivity contribution in [1.29, 1.82) is 0 Å². The molecule has 0 aliphatic rings. The molecule has 0 bridgehead atoms. The van der Waals surface area contributed by atoms with Gasteiger partial charge < -0.3 is 14.7 Å². The highest BCUT2D eigenvalue weighted by Gasteiger charge is 2.11. The van der Waals surface area contributed by atoms with E-state index in [-0.39, 0.29) is 0 Å². The molecule has 0 aromatic carbocycles. The number of rotatable bonds is 15. The monoisotopic (exact) mass is 432 g/mol. The molecule has 0 aliphatic carbocycles. The first-order valence-corrected chi connectivity index (χ1v) is 13.0. The Morgan fingerprint density at radius 3 is 1.52 bits per heavy atom. The van der Waals surface area contributed by atoms with Crippen LogP contribution >= 0.6 is 7.82 Å². The van der Waals surface area contributed by atoms with Gasteiger partial charge in [-0.05, 0) is 13.3 Å². The molecule has 0 unspecified atom stereocenters. The Labute approximate surface area is 178 Å². The van der Waals surface area contributed by atoms with Gasteiger partial charge in [-0.25, -0.2) is 0 Å². The Bertz CT molecular complexity index is 561. The maximum Gasteiger partial charge on any atom is 0.262 e. The molecule has 0 fully saturated rings. The lowest BCUT2D eigenvalue weighted by atomic mass is 10.0. The van der Waals surface area contributed by atoms with Gasteiger partial charge in [-0.1, -0.05) is 90.4 Å². The molecule has 0 saturated heterocycles. The summed E-state index contributed by atoms with van der Waals surface area (Å²) in [4.78, 5) is 22.9. The molecule has 0 radical (unpaired) electrons. The van der Waals surface area contributed by atoms with Crippen molar-refractivity contribution in [2.24, 2.45) is 7.05 Å². The molecule has 1 aromatic heterocycles. The van der Waals surface area contributed by atoms with E-state index in [1.54, 1.807) is 0 Å². The molecule has 7 heteroatoms. The van der Waals surface area contributed by atoms with Crippen molar-refractivity contribution in [3.63, 3.8) is 0 Å². The predicted molar refractivity (Wildman–Crippen MR) is 117 cm³/mol. The summed E-state index contributed by atoms with van der Waals surface area (Å²) in [7, 11) is -2.72. The summed E-state index contributed by atoms with van der Waals surface area (Å²) in [5, 5.41) is 0. The lowest BCUT2D eigenvalue weighted by Gasteiger charge is -2.04. The van der Waals surface area contributed by atoms with Crippen LogP contribution in [0.15, 0.2) is 6.07 Å². The number of aryl methyl sites for hydroxylation is 2. The standard InChI is InChI=1S/C22H43N2.H3O4P/c1-5-6-7-8-9-10-11-12-13-14-15-16-17-18-19-24-22(3)20-21(2)23(24)4;1-5(2,3)4/h20H,5-19H2,1-4H3;(H3,1,2,3,4)/q+1;/p-1. The van der Waals surface area contributed by atoms with Crippen LogP contribution in [0, 0.1) is 13.8 Å². The quantitative estimate of drug-likeness (QED) is 0.235. The van der Waals surface area contributed by atoms with Crippen molar-refractivity contribution in [1.82, 2.24) is 4.68 Å². The smallest absolute Gasteiger partial charge is 0.262 e. The summed E-state index contributed by atoms with van der Waals surface area (Å²) in [6, 6.07) is 2.28.